The van der Waals surface area contributed by atoms with E-state index in [-0.39, 0.29) is 64.0 Å². The van der Waals surface area contributed by atoms with Gasteiger partial charge in [0.05, 0.1) is 76.7 Å². The molecule has 634 valence electrons. The van der Waals surface area contributed by atoms with Crippen molar-refractivity contribution in [1.29, 1.82) is 0 Å². The Hall–Kier alpha value is -10.2. The highest BCUT2D eigenvalue weighted by Crippen LogP contribution is 2.45. The molecule has 121 heavy (non-hydrogen) atoms. The van der Waals surface area contributed by atoms with Crippen LogP contribution in [0.25, 0.3) is 0 Å². The van der Waals surface area contributed by atoms with Gasteiger partial charge in [0.25, 0.3) is 11.8 Å². The van der Waals surface area contributed by atoms with Crippen LogP contribution in [0.3, 0.4) is 0 Å². The van der Waals surface area contributed by atoms with Crippen molar-refractivity contribution in [2.24, 2.45) is 0 Å². The van der Waals surface area contributed by atoms with Crippen molar-refractivity contribution < 1.29 is 114 Å². The molecule has 9 aromatic carbocycles. The van der Waals surface area contributed by atoms with Crippen LogP contribution in [0.2, 0.25) is 0 Å². The van der Waals surface area contributed by atoms with E-state index < -0.39 is 171 Å². The molecule has 0 unspecified atom stereocenters. The Labute approximate surface area is 707 Å². The summed E-state index contributed by atoms with van der Waals surface area (Å²) in [4.78, 5) is 88.4. The van der Waals surface area contributed by atoms with Gasteiger partial charge in [-0.2, -0.15) is 0 Å². The van der Waals surface area contributed by atoms with Crippen LogP contribution in [-0.4, -0.2) is 182 Å². The fourth-order valence-corrected chi connectivity index (χ4v) is 16.6. The smallest absolute Gasteiger partial charge is 0.303 e. The molecule has 5 aliphatic rings. The third kappa shape index (κ3) is 23.1. The Morgan fingerprint density at radius 3 is 1.10 bits per heavy atom. The zero-order valence-corrected chi connectivity index (χ0v) is 68.5. The lowest BCUT2D eigenvalue weighted by Gasteiger charge is -2.54. The number of ether oxygens (including phenoxy) is 18. The first-order chi connectivity index (χ1) is 59.0. The van der Waals surface area contributed by atoms with Crippen molar-refractivity contribution in [2.75, 3.05) is 19.8 Å². The lowest BCUT2D eigenvalue weighted by Crippen LogP contribution is -2.72. The normalized spacial score (nSPS) is 27.1. The van der Waals surface area contributed by atoms with Crippen LogP contribution in [0.1, 0.15) is 94.3 Å². The van der Waals surface area contributed by atoms with Gasteiger partial charge in [0, 0.05) is 32.6 Å². The molecule has 5 aliphatic heterocycles. The van der Waals surface area contributed by atoms with Crippen LogP contribution in [0.4, 0.5) is 0 Å². The van der Waals surface area contributed by atoms with Gasteiger partial charge >= 0.3 is 23.9 Å². The number of esters is 4. The number of nitrogens with zero attached hydrogens (tertiary/aromatic N) is 1. The molecule has 20 atom stereocenters. The van der Waals surface area contributed by atoms with Gasteiger partial charge in [-0.15, -0.1) is 0 Å². The SMILES string of the molecule is CC(=O)OC[C@H]1O[C@@H](O[C@H]2[C@H](O[C@@H]3O[C@@H](C)[C@@H](OCc4ccccc4)[C@@H](OCc4ccccc4)[C@@H]3OCc3ccccc3)[C@@H](N3C(=O)c4ccccc4C3=O)[C@H](O[C@H]3[C@@H](OCc4ccccc4)[C@H](OCc4ccccc4)[C@@H](COCc4ccccc4)O[C@@H]3Sc3ccccc3)O[C@@H]2COCc2ccccc2)[C@H](OC(C)=O)[C@@H](OC(C)=O)[C@H]1OC(C)=O. The van der Waals surface area contributed by atoms with Crippen molar-refractivity contribution in [1.82, 2.24) is 4.90 Å². The van der Waals surface area contributed by atoms with Crippen molar-refractivity contribution in [3.63, 3.8) is 0 Å². The first kappa shape index (κ1) is 87.1. The van der Waals surface area contributed by atoms with Crippen molar-refractivity contribution >= 4 is 47.5 Å². The van der Waals surface area contributed by atoms with Crippen LogP contribution in [0, 0.1) is 0 Å². The molecule has 0 saturated carbocycles. The molecule has 4 saturated heterocycles. The molecular weight excluding hydrogens is 1570 g/mol. The maximum atomic E-state index is 16.4. The standard InChI is InChI=1S/C95H99NO24S/c1-60-79(106-52-67-36-18-8-19-37-67)84(108-54-69-40-22-10-23-41-69)87(110-56-71-44-26-12-27-45-71)93(111-60)119-83-78(96-90(101)73-48-30-31-49-74(73)91(96)102)92(115-76(58-104-51-66-34-16-7-17-35-66)81(83)118-94-88(114-64(5)100)86(113-63(4)99)82(112-62(3)98)77(116-94)59-105-61(2)97)120-89-85(109-55-70-42-24-11-25-43-70)80(107-53-68-38-20-9-21-39-68)75(57-103-50-65-32-14-6-15-33-65)117-95(89)121-72-46-28-13-29-47-72/h6-49,60,75-89,92-95H,50-59H2,1-5H3/t60-,75+,76+,77+,78+,79+,80+,81+,82-,83+,84+,85-,86-,87-,88+,89-,92-,93-,94-,95+/m0/s1. The predicted octanol–water partition coefficient (Wildman–Crippen LogP) is 13.2. The summed E-state index contributed by atoms with van der Waals surface area (Å²) in [7, 11) is 0. The van der Waals surface area contributed by atoms with Gasteiger partial charge in [0.1, 0.15) is 85.2 Å². The van der Waals surface area contributed by atoms with E-state index in [1.807, 2.05) is 243 Å². The van der Waals surface area contributed by atoms with E-state index in [1.165, 1.54) is 23.9 Å². The first-order valence-electron chi connectivity index (χ1n) is 40.5. The van der Waals surface area contributed by atoms with Gasteiger partial charge in [-0.25, -0.2) is 0 Å². The number of fused-ring (bicyclic) bond motifs is 1. The molecule has 26 heteroatoms. The second kappa shape index (κ2) is 43.0. The van der Waals surface area contributed by atoms with Crippen LogP contribution < -0.4 is 0 Å². The van der Waals surface area contributed by atoms with Crippen LogP contribution in [0.5, 0.6) is 0 Å². The lowest BCUT2D eigenvalue weighted by atomic mass is 9.92. The van der Waals surface area contributed by atoms with Crippen LogP contribution in [-0.2, 0) is 151 Å². The fraction of sp³-hybridized carbons (Fsp3) is 0.368. The minimum absolute atomic E-state index is 0.00469. The Morgan fingerprint density at radius 1 is 0.314 bits per heavy atom. The van der Waals surface area contributed by atoms with Crippen molar-refractivity contribution in [2.45, 2.75) is 208 Å². The maximum Gasteiger partial charge on any atom is 0.303 e. The number of carbonyl (C=O) groups excluding carboxylic acids is 6. The number of benzene rings is 9. The average Bonchev–Trinajstić information content (AvgIpc) is 1.70. The van der Waals surface area contributed by atoms with Crippen LogP contribution in [0.15, 0.2) is 272 Å². The lowest BCUT2D eigenvalue weighted by molar-refractivity contribution is -0.389. The number of hydrogen-bond donors (Lipinski definition) is 0. The van der Waals surface area contributed by atoms with Gasteiger partial charge in [-0.1, -0.05) is 254 Å². The Kier molecular flexibility index (Phi) is 31.0. The minimum atomic E-state index is -2.00. The van der Waals surface area contributed by atoms with Crippen molar-refractivity contribution in [3.8, 4) is 0 Å². The van der Waals surface area contributed by atoms with E-state index in [4.69, 9.17) is 85.3 Å². The Bertz CT molecular complexity index is 4730. The second-order valence-corrected chi connectivity index (χ2v) is 31.1. The third-order valence-electron chi connectivity index (χ3n) is 21.1. The second-order valence-electron chi connectivity index (χ2n) is 29.9. The molecule has 2 amide bonds. The summed E-state index contributed by atoms with van der Waals surface area (Å²) in [5.41, 5.74) is 4.53. The van der Waals surface area contributed by atoms with Gasteiger partial charge in [0.15, 0.2) is 37.2 Å². The largest absolute Gasteiger partial charge is 0.463 e. The highest BCUT2D eigenvalue weighted by molar-refractivity contribution is 7.99. The van der Waals surface area contributed by atoms with E-state index in [1.54, 1.807) is 19.1 Å². The topological polar surface area (TPSA) is 272 Å². The fourth-order valence-electron chi connectivity index (χ4n) is 15.5. The predicted molar refractivity (Wildman–Crippen MR) is 439 cm³/mol. The van der Waals surface area contributed by atoms with E-state index in [2.05, 4.69) is 0 Å². The average molecular weight is 1670 g/mol. The Morgan fingerprint density at radius 2 is 0.653 bits per heavy atom. The molecule has 14 rings (SSSR count). The summed E-state index contributed by atoms with van der Waals surface area (Å²) < 4.78 is 126. The molecule has 9 aromatic rings. The molecule has 5 heterocycles. The summed E-state index contributed by atoms with van der Waals surface area (Å²) in [6.45, 7) is 5.37. The van der Waals surface area contributed by atoms with E-state index in [0.29, 0.717) is 0 Å². The van der Waals surface area contributed by atoms with Gasteiger partial charge in [0.2, 0.25) is 0 Å². The zero-order valence-electron chi connectivity index (χ0n) is 67.7. The van der Waals surface area contributed by atoms with Crippen LogP contribution >= 0.6 is 11.8 Å². The molecule has 0 radical (unpaired) electrons. The van der Waals surface area contributed by atoms with Crippen molar-refractivity contribution in [3.05, 3.63) is 317 Å². The summed E-state index contributed by atoms with van der Waals surface area (Å²) in [6, 6.07) is 80.8. The zero-order chi connectivity index (χ0) is 84.0. The molecule has 0 spiro atoms. The number of imide groups is 1. The van der Waals surface area contributed by atoms with E-state index in [0.717, 1.165) is 76.4 Å². The summed E-state index contributed by atoms with van der Waals surface area (Å²) in [5.74, 6) is -5.17. The summed E-state index contributed by atoms with van der Waals surface area (Å²) >= 11 is 1.31. The number of carbonyl (C=O) groups is 6. The Balaban J connectivity index is 0.984. The van der Waals surface area contributed by atoms with E-state index >= 15 is 9.59 Å². The minimum Gasteiger partial charge on any atom is -0.463 e. The van der Waals surface area contributed by atoms with Gasteiger partial charge in [-0.05, 0) is 70.1 Å². The van der Waals surface area contributed by atoms with Gasteiger partial charge in [-0.3, -0.25) is 33.7 Å². The van der Waals surface area contributed by atoms with Gasteiger partial charge < -0.3 is 85.3 Å². The summed E-state index contributed by atoms with van der Waals surface area (Å²) in [6.07, 6.45) is -26.5. The summed E-state index contributed by atoms with van der Waals surface area (Å²) in [5, 5.41) is 0. The quantitative estimate of drug-likeness (QED) is 0.0199. The third-order valence-corrected chi connectivity index (χ3v) is 22.2. The van der Waals surface area contributed by atoms with E-state index in [9.17, 15) is 19.2 Å². The molecule has 0 aromatic heterocycles. The molecule has 25 nitrogen and oxygen atoms in total. The number of amides is 2. The first-order valence-corrected chi connectivity index (χ1v) is 41.4. The molecule has 0 aliphatic carbocycles. The highest BCUT2D eigenvalue weighted by Gasteiger charge is 2.63. The monoisotopic (exact) mass is 1670 g/mol. The number of hydrogen-bond acceptors (Lipinski definition) is 25. The molecule has 0 N–H and O–H groups in total. The number of rotatable bonds is 37. The molecule has 4 fully saturated rings. The number of thioether (sulfide) groups is 1. The maximum absolute atomic E-state index is 16.4. The molecular formula is C95H99NO24S. The molecule has 0 bridgehead atoms. The highest BCUT2D eigenvalue weighted by atomic mass is 32.2.